The van der Waals surface area contributed by atoms with Gasteiger partial charge < -0.3 is 5.73 Å². The molecular formula is C13H11F2NO2S. The van der Waals surface area contributed by atoms with Gasteiger partial charge in [-0.2, -0.15) is 0 Å². The van der Waals surface area contributed by atoms with E-state index < -0.39 is 21.5 Å². The molecule has 0 aliphatic rings. The molecule has 0 unspecified atom stereocenters. The Labute approximate surface area is 109 Å². The summed E-state index contributed by atoms with van der Waals surface area (Å²) in [5.74, 6) is -1.61. The Hall–Kier alpha value is -1.95. The molecule has 0 aliphatic heterocycles. The Morgan fingerprint density at radius 2 is 1.58 bits per heavy atom. The van der Waals surface area contributed by atoms with Crippen LogP contribution in [0.1, 0.15) is 0 Å². The van der Waals surface area contributed by atoms with E-state index in [1.165, 1.54) is 24.3 Å². The molecule has 0 atom stereocenters. The minimum absolute atomic E-state index is 0.0842. The summed E-state index contributed by atoms with van der Waals surface area (Å²) in [6.45, 7) is 0. The number of rotatable bonds is 2. The lowest BCUT2D eigenvalue weighted by molar-refractivity contribution is 0.592. The maximum absolute atomic E-state index is 13.8. The lowest BCUT2D eigenvalue weighted by atomic mass is 10.0. The number of sulfone groups is 1. The summed E-state index contributed by atoms with van der Waals surface area (Å²) >= 11 is 0. The zero-order valence-corrected chi connectivity index (χ0v) is 10.8. The average Bonchev–Trinajstić information content (AvgIpc) is 2.34. The lowest BCUT2D eigenvalue weighted by Crippen LogP contribution is -1.99. The molecule has 0 heterocycles. The van der Waals surface area contributed by atoms with Crippen molar-refractivity contribution in [1.82, 2.24) is 0 Å². The molecule has 0 amide bonds. The maximum Gasteiger partial charge on any atom is 0.175 e. The van der Waals surface area contributed by atoms with Crippen LogP contribution in [0.5, 0.6) is 0 Å². The average molecular weight is 283 g/mol. The van der Waals surface area contributed by atoms with Crippen molar-refractivity contribution < 1.29 is 17.2 Å². The number of benzene rings is 2. The van der Waals surface area contributed by atoms with Crippen LogP contribution in [0.25, 0.3) is 11.1 Å². The third-order valence-corrected chi connectivity index (χ3v) is 3.82. The highest BCUT2D eigenvalue weighted by molar-refractivity contribution is 7.90. The van der Waals surface area contributed by atoms with Crippen molar-refractivity contribution in [2.45, 2.75) is 4.90 Å². The van der Waals surface area contributed by atoms with Gasteiger partial charge >= 0.3 is 0 Å². The number of anilines is 1. The van der Waals surface area contributed by atoms with Crippen LogP contribution < -0.4 is 5.73 Å². The van der Waals surface area contributed by atoms with Gasteiger partial charge in [-0.1, -0.05) is 12.1 Å². The van der Waals surface area contributed by atoms with E-state index in [1.54, 1.807) is 0 Å². The molecule has 2 aromatic carbocycles. The highest BCUT2D eigenvalue weighted by atomic mass is 32.2. The van der Waals surface area contributed by atoms with Gasteiger partial charge in [0, 0.05) is 6.26 Å². The molecule has 0 radical (unpaired) electrons. The molecule has 3 nitrogen and oxygen atoms in total. The van der Waals surface area contributed by atoms with Gasteiger partial charge in [0.15, 0.2) is 15.7 Å². The van der Waals surface area contributed by atoms with Crippen molar-refractivity contribution in [3.05, 3.63) is 48.0 Å². The quantitative estimate of drug-likeness (QED) is 0.862. The Kier molecular flexibility index (Phi) is 3.28. The zero-order chi connectivity index (χ0) is 14.2. The number of halogens is 2. The highest BCUT2D eigenvalue weighted by Crippen LogP contribution is 2.29. The van der Waals surface area contributed by atoms with Crippen molar-refractivity contribution in [1.29, 1.82) is 0 Å². The van der Waals surface area contributed by atoms with E-state index in [-0.39, 0.29) is 21.7 Å². The van der Waals surface area contributed by atoms with Crippen LogP contribution in [-0.2, 0) is 9.84 Å². The molecular weight excluding hydrogens is 272 g/mol. The standard InChI is InChI=1S/C13H11F2NO2S/c1-19(17,18)9-4-2-8(3-5-9)12-10(14)6-7-11(16)13(12)15/h2-7H,16H2,1H3. The number of hydrogen-bond acceptors (Lipinski definition) is 3. The van der Waals surface area contributed by atoms with Crippen molar-refractivity contribution in [2.24, 2.45) is 0 Å². The topological polar surface area (TPSA) is 60.2 Å². The van der Waals surface area contributed by atoms with E-state index in [0.717, 1.165) is 18.4 Å². The van der Waals surface area contributed by atoms with Gasteiger partial charge in [0.2, 0.25) is 0 Å². The van der Waals surface area contributed by atoms with E-state index in [4.69, 9.17) is 5.73 Å². The Morgan fingerprint density at radius 1 is 1.00 bits per heavy atom. The van der Waals surface area contributed by atoms with Gasteiger partial charge in [0.25, 0.3) is 0 Å². The van der Waals surface area contributed by atoms with Gasteiger partial charge in [-0.05, 0) is 29.8 Å². The van der Waals surface area contributed by atoms with Crippen LogP contribution in [0.2, 0.25) is 0 Å². The lowest BCUT2D eigenvalue weighted by Gasteiger charge is -2.08. The largest absolute Gasteiger partial charge is 0.396 e. The fraction of sp³-hybridized carbons (Fsp3) is 0.0769. The summed E-state index contributed by atoms with van der Waals surface area (Å²) < 4.78 is 50.0. The molecule has 0 bridgehead atoms. The van der Waals surface area contributed by atoms with Crippen molar-refractivity contribution >= 4 is 15.5 Å². The van der Waals surface area contributed by atoms with Crippen LogP contribution >= 0.6 is 0 Å². The van der Waals surface area contributed by atoms with Gasteiger partial charge in [-0.25, -0.2) is 17.2 Å². The molecule has 0 saturated heterocycles. The molecule has 0 saturated carbocycles. The van der Waals surface area contributed by atoms with Gasteiger partial charge in [-0.3, -0.25) is 0 Å². The van der Waals surface area contributed by atoms with Crippen LogP contribution in [0.3, 0.4) is 0 Å². The minimum atomic E-state index is -3.34. The molecule has 100 valence electrons. The van der Waals surface area contributed by atoms with E-state index >= 15 is 0 Å². The Bertz CT molecular complexity index is 725. The predicted molar refractivity (Wildman–Crippen MR) is 69.3 cm³/mol. The first-order chi connectivity index (χ1) is 8.80. The van der Waals surface area contributed by atoms with Gasteiger partial charge in [0.05, 0.1) is 16.1 Å². The Morgan fingerprint density at radius 3 is 2.11 bits per heavy atom. The normalized spacial score (nSPS) is 11.5. The van der Waals surface area contributed by atoms with Crippen LogP contribution in [0.4, 0.5) is 14.5 Å². The first-order valence-corrected chi connectivity index (χ1v) is 7.24. The van der Waals surface area contributed by atoms with E-state index in [2.05, 4.69) is 0 Å². The van der Waals surface area contributed by atoms with Gasteiger partial charge in [-0.15, -0.1) is 0 Å². The third-order valence-electron chi connectivity index (χ3n) is 2.69. The summed E-state index contributed by atoms with van der Waals surface area (Å²) in [5, 5.41) is 0. The van der Waals surface area contributed by atoms with Crippen molar-refractivity contribution in [3.63, 3.8) is 0 Å². The molecule has 19 heavy (non-hydrogen) atoms. The maximum atomic E-state index is 13.8. The van der Waals surface area contributed by atoms with Crippen LogP contribution in [0, 0.1) is 11.6 Å². The summed E-state index contributed by atoms with van der Waals surface area (Å²) in [5.41, 5.74) is 5.19. The fourth-order valence-electron chi connectivity index (χ4n) is 1.70. The smallest absolute Gasteiger partial charge is 0.175 e. The monoisotopic (exact) mass is 283 g/mol. The fourth-order valence-corrected chi connectivity index (χ4v) is 2.33. The summed E-state index contributed by atoms with van der Waals surface area (Å²) in [4.78, 5) is 0.0842. The predicted octanol–water partition coefficient (Wildman–Crippen LogP) is 2.62. The van der Waals surface area contributed by atoms with Crippen molar-refractivity contribution in [3.8, 4) is 11.1 Å². The molecule has 0 aliphatic carbocycles. The molecule has 2 rings (SSSR count). The van der Waals surface area contributed by atoms with Crippen LogP contribution in [0.15, 0.2) is 41.3 Å². The van der Waals surface area contributed by atoms with Crippen molar-refractivity contribution in [2.75, 3.05) is 12.0 Å². The number of nitrogen functional groups attached to an aromatic ring is 1. The summed E-state index contributed by atoms with van der Waals surface area (Å²) in [6, 6.07) is 7.49. The summed E-state index contributed by atoms with van der Waals surface area (Å²) in [6.07, 6.45) is 1.06. The molecule has 0 spiro atoms. The first-order valence-electron chi connectivity index (χ1n) is 5.34. The third kappa shape index (κ3) is 2.58. The molecule has 0 aromatic heterocycles. The zero-order valence-electron chi connectivity index (χ0n) is 10.0. The second kappa shape index (κ2) is 4.62. The van der Waals surface area contributed by atoms with E-state index in [1.807, 2.05) is 0 Å². The number of nitrogens with two attached hydrogens (primary N) is 1. The molecule has 2 aromatic rings. The highest BCUT2D eigenvalue weighted by Gasteiger charge is 2.15. The van der Waals surface area contributed by atoms with E-state index in [9.17, 15) is 17.2 Å². The second-order valence-corrected chi connectivity index (χ2v) is 6.14. The van der Waals surface area contributed by atoms with E-state index in [0.29, 0.717) is 0 Å². The van der Waals surface area contributed by atoms with Crippen LogP contribution in [-0.4, -0.2) is 14.7 Å². The molecule has 2 N–H and O–H groups in total. The molecule has 6 heteroatoms. The molecule has 0 fully saturated rings. The summed E-state index contributed by atoms with van der Waals surface area (Å²) in [7, 11) is -3.34. The SMILES string of the molecule is CS(=O)(=O)c1ccc(-c2c(F)ccc(N)c2F)cc1. The minimum Gasteiger partial charge on any atom is -0.396 e. The van der Waals surface area contributed by atoms with Gasteiger partial charge in [0.1, 0.15) is 5.82 Å². The Balaban J connectivity index is 2.58. The second-order valence-electron chi connectivity index (χ2n) is 4.12. The first kappa shape index (κ1) is 13.5. The number of hydrogen-bond donors (Lipinski definition) is 1.